The monoisotopic (exact) mass is 261 g/mol. The van der Waals surface area contributed by atoms with Crippen molar-refractivity contribution < 1.29 is 4.74 Å². The van der Waals surface area contributed by atoms with E-state index in [4.69, 9.17) is 17.0 Å². The Morgan fingerprint density at radius 3 is 2.56 bits per heavy atom. The maximum absolute atomic E-state index is 5.82. The van der Waals surface area contributed by atoms with Crippen molar-refractivity contribution in [3.8, 4) is 0 Å². The molecule has 3 fully saturated rings. The predicted octanol–water partition coefficient (Wildman–Crippen LogP) is 2.87. The zero-order chi connectivity index (χ0) is 12.4. The minimum Gasteiger partial charge on any atom is -0.482 e. The Kier molecular flexibility index (Phi) is 3.62. The smallest absolute Gasteiger partial charge is 0.164 e. The van der Waals surface area contributed by atoms with Gasteiger partial charge < -0.3 is 9.64 Å². The number of benzene rings is 1. The summed E-state index contributed by atoms with van der Waals surface area (Å²) >= 11 is 5.49. The molecule has 0 N–H and O–H groups in total. The fraction of sp³-hybridized carbons (Fsp3) is 0.533. The molecule has 3 aliphatic heterocycles. The van der Waals surface area contributed by atoms with E-state index in [2.05, 4.69) is 17.0 Å². The van der Waals surface area contributed by atoms with Crippen molar-refractivity contribution in [2.24, 2.45) is 11.8 Å². The van der Waals surface area contributed by atoms with Crippen molar-refractivity contribution in [2.45, 2.75) is 19.4 Å². The Labute approximate surface area is 114 Å². The van der Waals surface area contributed by atoms with Gasteiger partial charge in [-0.15, -0.1) is 0 Å². The van der Waals surface area contributed by atoms with Crippen LogP contribution in [0.1, 0.15) is 18.4 Å². The molecule has 0 aliphatic carbocycles. The van der Waals surface area contributed by atoms with E-state index in [1.54, 1.807) is 0 Å². The van der Waals surface area contributed by atoms with Gasteiger partial charge in [-0.05, 0) is 49.6 Å². The van der Waals surface area contributed by atoms with Crippen molar-refractivity contribution in [2.75, 3.05) is 19.6 Å². The lowest BCUT2D eigenvalue weighted by Gasteiger charge is -2.44. The van der Waals surface area contributed by atoms with E-state index in [1.807, 2.05) is 18.2 Å². The van der Waals surface area contributed by atoms with Crippen LogP contribution in [-0.2, 0) is 11.3 Å². The van der Waals surface area contributed by atoms with Crippen molar-refractivity contribution in [3.05, 3.63) is 35.9 Å². The Bertz CT molecular complexity index is 412. The summed E-state index contributed by atoms with van der Waals surface area (Å²) < 4.78 is 5.82. The Morgan fingerprint density at radius 2 is 1.94 bits per heavy atom. The number of piperidine rings is 3. The van der Waals surface area contributed by atoms with Crippen molar-refractivity contribution in [1.82, 2.24) is 4.90 Å². The molecule has 18 heavy (non-hydrogen) atoms. The highest BCUT2D eigenvalue weighted by atomic mass is 32.1. The van der Waals surface area contributed by atoms with Gasteiger partial charge in [0.1, 0.15) is 6.61 Å². The average molecular weight is 261 g/mol. The molecule has 2 nitrogen and oxygen atoms in total. The number of ether oxygens (including phenoxy) is 1. The number of thiocarbonyl (C=S) groups is 1. The molecule has 0 amide bonds. The lowest BCUT2D eigenvalue weighted by molar-refractivity contribution is 0.0702. The summed E-state index contributed by atoms with van der Waals surface area (Å²) in [5.41, 5.74) is 1.20. The maximum Gasteiger partial charge on any atom is 0.164 e. The van der Waals surface area contributed by atoms with Crippen molar-refractivity contribution >= 4 is 17.3 Å². The van der Waals surface area contributed by atoms with Crippen LogP contribution >= 0.6 is 12.2 Å². The van der Waals surface area contributed by atoms with E-state index >= 15 is 0 Å². The third kappa shape index (κ3) is 2.57. The molecule has 3 heteroatoms. The van der Waals surface area contributed by atoms with Crippen molar-refractivity contribution in [3.63, 3.8) is 0 Å². The largest absolute Gasteiger partial charge is 0.482 e. The summed E-state index contributed by atoms with van der Waals surface area (Å²) in [6.45, 7) is 4.23. The molecular weight excluding hydrogens is 242 g/mol. The van der Waals surface area contributed by atoms with E-state index in [9.17, 15) is 0 Å². The van der Waals surface area contributed by atoms with Gasteiger partial charge in [-0.1, -0.05) is 30.3 Å². The lowest BCUT2D eigenvalue weighted by Crippen LogP contribution is -2.50. The lowest BCUT2D eigenvalue weighted by atomic mass is 9.79. The third-order valence-electron chi connectivity index (χ3n) is 4.18. The minimum atomic E-state index is 0.478. The van der Waals surface area contributed by atoms with Crippen LogP contribution in [0.5, 0.6) is 0 Å². The van der Waals surface area contributed by atoms with Crippen LogP contribution in [0.25, 0.3) is 0 Å². The molecule has 4 rings (SSSR count). The first kappa shape index (κ1) is 12.1. The Morgan fingerprint density at radius 1 is 1.22 bits per heavy atom. The Balaban J connectivity index is 1.56. The van der Waals surface area contributed by atoms with Gasteiger partial charge in [0.2, 0.25) is 0 Å². The van der Waals surface area contributed by atoms with Crippen LogP contribution in [0.15, 0.2) is 30.3 Å². The first-order valence-electron chi connectivity index (χ1n) is 6.76. The zero-order valence-electron chi connectivity index (χ0n) is 10.5. The second kappa shape index (κ2) is 5.37. The van der Waals surface area contributed by atoms with Gasteiger partial charge in [0.15, 0.2) is 5.05 Å². The fourth-order valence-electron chi connectivity index (χ4n) is 3.07. The molecule has 3 saturated heterocycles. The van der Waals surface area contributed by atoms with E-state index in [1.165, 1.54) is 31.5 Å². The fourth-order valence-corrected chi connectivity index (χ4v) is 3.39. The highest BCUT2D eigenvalue weighted by Crippen LogP contribution is 2.33. The maximum atomic E-state index is 5.82. The quantitative estimate of drug-likeness (QED) is 0.776. The van der Waals surface area contributed by atoms with Gasteiger partial charge in [0.05, 0.1) is 0 Å². The summed E-state index contributed by atoms with van der Waals surface area (Å²) in [6, 6.07) is 10.3. The van der Waals surface area contributed by atoms with Gasteiger partial charge in [0, 0.05) is 12.5 Å². The van der Waals surface area contributed by atoms with E-state index < -0.39 is 0 Å². The minimum absolute atomic E-state index is 0.478. The molecule has 1 aromatic carbocycles. The first-order valence-corrected chi connectivity index (χ1v) is 7.16. The van der Waals surface area contributed by atoms with Gasteiger partial charge in [-0.25, -0.2) is 0 Å². The number of hydrogen-bond donors (Lipinski definition) is 0. The van der Waals surface area contributed by atoms with Gasteiger partial charge in [0.25, 0.3) is 0 Å². The number of hydrogen-bond acceptors (Lipinski definition) is 3. The van der Waals surface area contributed by atoms with Crippen LogP contribution in [0, 0.1) is 11.8 Å². The summed E-state index contributed by atoms with van der Waals surface area (Å²) in [5.74, 6) is 1.24. The van der Waals surface area contributed by atoms with Crippen LogP contribution in [0.3, 0.4) is 0 Å². The molecule has 96 valence electrons. The summed E-state index contributed by atoms with van der Waals surface area (Å²) in [5, 5.41) is 0.827. The van der Waals surface area contributed by atoms with Gasteiger partial charge >= 0.3 is 0 Å². The molecule has 0 aromatic heterocycles. The normalized spacial score (nSPS) is 30.1. The predicted molar refractivity (Wildman–Crippen MR) is 76.5 cm³/mol. The Hall–Kier alpha value is -0.930. The molecular formula is C15H19NOS. The topological polar surface area (TPSA) is 12.5 Å². The highest BCUT2D eigenvalue weighted by Gasteiger charge is 2.37. The van der Waals surface area contributed by atoms with Crippen LogP contribution in [-0.4, -0.2) is 29.6 Å². The second-order valence-corrected chi connectivity index (χ2v) is 5.74. The zero-order valence-corrected chi connectivity index (χ0v) is 11.4. The molecule has 0 spiro atoms. The SMILES string of the molecule is S=C(OCc1ccccc1)C1CN2CCC1CC2. The van der Waals surface area contributed by atoms with E-state index in [0.717, 1.165) is 17.5 Å². The summed E-state index contributed by atoms with van der Waals surface area (Å²) in [7, 11) is 0. The van der Waals surface area contributed by atoms with Crippen LogP contribution in [0.2, 0.25) is 0 Å². The molecule has 3 aliphatic rings. The molecule has 1 aromatic rings. The third-order valence-corrected chi connectivity index (χ3v) is 4.60. The van der Waals surface area contributed by atoms with E-state index in [-0.39, 0.29) is 0 Å². The second-order valence-electron chi connectivity index (χ2n) is 5.34. The van der Waals surface area contributed by atoms with Crippen LogP contribution < -0.4 is 0 Å². The highest BCUT2D eigenvalue weighted by molar-refractivity contribution is 7.80. The van der Waals surface area contributed by atoms with Crippen LogP contribution in [0.4, 0.5) is 0 Å². The number of rotatable bonds is 3. The summed E-state index contributed by atoms with van der Waals surface area (Å²) in [6.07, 6.45) is 2.58. The first-order chi connectivity index (χ1) is 8.83. The average Bonchev–Trinajstić information content (AvgIpc) is 2.47. The van der Waals surface area contributed by atoms with Crippen molar-refractivity contribution in [1.29, 1.82) is 0 Å². The van der Waals surface area contributed by atoms with Gasteiger partial charge in [-0.3, -0.25) is 0 Å². The number of fused-ring (bicyclic) bond motifs is 3. The van der Waals surface area contributed by atoms with E-state index in [0.29, 0.717) is 12.5 Å². The molecule has 2 bridgehead atoms. The molecule has 1 unspecified atom stereocenters. The molecule has 1 atom stereocenters. The standard InChI is InChI=1S/C15H19NOS/c18-15(17-11-12-4-2-1-3-5-12)14-10-16-8-6-13(14)7-9-16/h1-5,13-14H,6-11H2. The number of nitrogens with zero attached hydrogens (tertiary/aromatic N) is 1. The molecule has 3 heterocycles. The molecule has 0 saturated carbocycles. The van der Waals surface area contributed by atoms with Gasteiger partial charge in [-0.2, -0.15) is 0 Å². The molecule has 0 radical (unpaired) electrons. The summed E-state index contributed by atoms with van der Waals surface area (Å²) in [4.78, 5) is 2.52.